The number of primary amides is 1. The van der Waals surface area contributed by atoms with Crippen molar-refractivity contribution in [2.75, 3.05) is 13.2 Å². The topological polar surface area (TPSA) is 278 Å². The molecule has 35 heavy (non-hydrogen) atoms. The number of carboxylic acid groups (broad SMARTS) is 1. The van der Waals surface area contributed by atoms with Crippen LogP contribution in [-0.2, 0) is 24.0 Å². The summed E-state index contributed by atoms with van der Waals surface area (Å²) in [5, 5.41) is 25.8. The van der Waals surface area contributed by atoms with E-state index in [-0.39, 0.29) is 44.1 Å². The Morgan fingerprint density at radius 1 is 0.857 bits per heavy atom. The molecular weight excluding hydrogens is 464 g/mol. The lowest BCUT2D eigenvalue weighted by Crippen LogP contribution is -2.58. The monoisotopic (exact) mass is 502 g/mol. The number of amides is 4. The first-order chi connectivity index (χ1) is 16.3. The summed E-state index contributed by atoms with van der Waals surface area (Å²) in [4.78, 5) is 64.0. The lowest BCUT2D eigenvalue weighted by Gasteiger charge is -2.24. The third kappa shape index (κ3) is 13.7. The number of hydrogen-bond acceptors (Lipinski definition) is 8. The number of hydrogen-bond donors (Lipinski definition) is 9. The van der Waals surface area contributed by atoms with Crippen molar-refractivity contribution in [3.8, 4) is 0 Å². The molecule has 13 N–H and O–H groups in total. The highest BCUT2D eigenvalue weighted by Gasteiger charge is 2.30. The van der Waals surface area contributed by atoms with Gasteiger partial charge in [0, 0.05) is 13.0 Å². The second-order valence-electron chi connectivity index (χ2n) is 8.39. The van der Waals surface area contributed by atoms with Gasteiger partial charge in [-0.05, 0) is 31.6 Å². The molecule has 4 unspecified atom stereocenters. The van der Waals surface area contributed by atoms with Crippen LogP contribution in [0.25, 0.3) is 0 Å². The van der Waals surface area contributed by atoms with Crippen molar-refractivity contribution in [2.24, 2.45) is 33.8 Å². The summed E-state index contributed by atoms with van der Waals surface area (Å²) >= 11 is 0. The molecular formula is C20H38N8O7. The van der Waals surface area contributed by atoms with Gasteiger partial charge in [-0.25, -0.2) is 4.79 Å². The molecule has 0 heterocycles. The maximum absolute atomic E-state index is 12.7. The number of aliphatic hydroxyl groups is 1. The molecule has 0 saturated heterocycles. The number of aliphatic hydroxyl groups excluding tert-OH is 1. The van der Waals surface area contributed by atoms with E-state index in [9.17, 15) is 34.2 Å². The highest BCUT2D eigenvalue weighted by atomic mass is 16.4. The van der Waals surface area contributed by atoms with Gasteiger partial charge in [0.1, 0.15) is 18.1 Å². The largest absolute Gasteiger partial charge is 0.480 e. The van der Waals surface area contributed by atoms with Crippen molar-refractivity contribution in [1.82, 2.24) is 16.0 Å². The third-order valence-corrected chi connectivity index (χ3v) is 4.75. The molecule has 4 amide bonds. The molecule has 0 spiro atoms. The van der Waals surface area contributed by atoms with E-state index in [1.54, 1.807) is 13.8 Å². The van der Waals surface area contributed by atoms with Gasteiger partial charge in [-0.3, -0.25) is 24.2 Å². The minimum absolute atomic E-state index is 0.0457. The first-order valence-electron chi connectivity index (χ1n) is 11.1. The first-order valence-corrected chi connectivity index (χ1v) is 11.1. The Morgan fingerprint density at radius 2 is 1.40 bits per heavy atom. The zero-order valence-corrected chi connectivity index (χ0v) is 20.0. The van der Waals surface area contributed by atoms with Crippen molar-refractivity contribution in [2.45, 2.75) is 70.1 Å². The number of nitrogens with one attached hydrogen (secondary N) is 3. The van der Waals surface area contributed by atoms with Crippen molar-refractivity contribution in [3.63, 3.8) is 0 Å². The summed E-state index contributed by atoms with van der Waals surface area (Å²) in [6, 6.07) is -5.04. The van der Waals surface area contributed by atoms with Crippen LogP contribution in [0.5, 0.6) is 0 Å². The van der Waals surface area contributed by atoms with Crippen molar-refractivity contribution >= 4 is 35.6 Å². The smallest absolute Gasteiger partial charge is 0.326 e. The summed E-state index contributed by atoms with van der Waals surface area (Å²) in [5.41, 5.74) is 21.4. The Kier molecular flexibility index (Phi) is 14.6. The summed E-state index contributed by atoms with van der Waals surface area (Å²) in [6.07, 6.45) is 0.257. The number of rotatable bonds is 17. The average molecular weight is 503 g/mol. The normalized spacial score (nSPS) is 14.2. The van der Waals surface area contributed by atoms with Crippen LogP contribution in [0.1, 0.15) is 46.0 Å². The minimum atomic E-state index is -1.50. The lowest BCUT2D eigenvalue weighted by atomic mass is 10.0. The number of nitrogens with two attached hydrogens (primary N) is 4. The van der Waals surface area contributed by atoms with E-state index in [2.05, 4.69) is 20.9 Å². The minimum Gasteiger partial charge on any atom is -0.480 e. The van der Waals surface area contributed by atoms with Crippen LogP contribution >= 0.6 is 0 Å². The van der Waals surface area contributed by atoms with Crippen molar-refractivity contribution in [1.29, 1.82) is 0 Å². The van der Waals surface area contributed by atoms with E-state index in [1.807, 2.05) is 0 Å². The van der Waals surface area contributed by atoms with E-state index in [4.69, 9.17) is 22.9 Å². The fourth-order valence-electron chi connectivity index (χ4n) is 2.92. The van der Waals surface area contributed by atoms with Gasteiger partial charge in [-0.2, -0.15) is 0 Å². The molecule has 15 nitrogen and oxygen atoms in total. The molecule has 0 aliphatic rings. The quantitative estimate of drug-likeness (QED) is 0.0531. The van der Waals surface area contributed by atoms with Crippen LogP contribution in [0, 0.1) is 5.92 Å². The zero-order chi connectivity index (χ0) is 27.1. The van der Waals surface area contributed by atoms with Crippen LogP contribution in [0.3, 0.4) is 0 Å². The maximum Gasteiger partial charge on any atom is 0.326 e. The van der Waals surface area contributed by atoms with Crippen LogP contribution in [-0.4, -0.2) is 83.1 Å². The van der Waals surface area contributed by atoms with Gasteiger partial charge in [0.05, 0.1) is 12.6 Å². The van der Waals surface area contributed by atoms with Gasteiger partial charge in [-0.15, -0.1) is 0 Å². The number of aliphatic carboxylic acids is 1. The van der Waals surface area contributed by atoms with E-state index < -0.39 is 60.4 Å². The maximum atomic E-state index is 12.7. The number of guanidine groups is 1. The van der Waals surface area contributed by atoms with E-state index >= 15 is 0 Å². The summed E-state index contributed by atoms with van der Waals surface area (Å²) < 4.78 is 0. The molecule has 4 atom stereocenters. The van der Waals surface area contributed by atoms with E-state index in [1.165, 1.54) is 0 Å². The van der Waals surface area contributed by atoms with Crippen LogP contribution in [0.2, 0.25) is 0 Å². The summed E-state index contributed by atoms with van der Waals surface area (Å²) in [5.74, 6) is -4.67. The Morgan fingerprint density at radius 3 is 1.89 bits per heavy atom. The number of aliphatic imine (C=N–C) groups is 1. The fourth-order valence-corrected chi connectivity index (χ4v) is 2.92. The van der Waals surface area contributed by atoms with Gasteiger partial charge in [0.25, 0.3) is 0 Å². The number of carbonyl (C=O) groups excluding carboxylic acids is 4. The van der Waals surface area contributed by atoms with Gasteiger partial charge in [0.2, 0.25) is 23.6 Å². The molecule has 0 aromatic heterocycles. The van der Waals surface area contributed by atoms with Crippen LogP contribution in [0.15, 0.2) is 4.99 Å². The number of nitrogens with zero attached hydrogens (tertiary/aromatic N) is 1. The predicted molar refractivity (Wildman–Crippen MR) is 126 cm³/mol. The summed E-state index contributed by atoms with van der Waals surface area (Å²) in [7, 11) is 0. The van der Waals surface area contributed by atoms with E-state index in [0.29, 0.717) is 6.42 Å². The molecule has 0 fully saturated rings. The van der Waals surface area contributed by atoms with Gasteiger partial charge >= 0.3 is 5.97 Å². The van der Waals surface area contributed by atoms with E-state index in [0.717, 1.165) is 0 Å². The third-order valence-electron chi connectivity index (χ3n) is 4.75. The molecule has 0 aromatic rings. The first kappa shape index (κ1) is 31.5. The van der Waals surface area contributed by atoms with Crippen molar-refractivity contribution in [3.05, 3.63) is 0 Å². The fraction of sp³-hybridized carbons (Fsp3) is 0.700. The van der Waals surface area contributed by atoms with Gasteiger partial charge < -0.3 is 49.1 Å². The Labute approximate surface area is 203 Å². The summed E-state index contributed by atoms with van der Waals surface area (Å²) in [6.45, 7) is 2.94. The highest BCUT2D eigenvalue weighted by Crippen LogP contribution is 2.06. The molecule has 15 heteroatoms. The number of carboxylic acids is 1. The molecule has 0 bridgehead atoms. The molecule has 0 saturated carbocycles. The Balaban J connectivity index is 5.24. The Bertz CT molecular complexity index is 771. The van der Waals surface area contributed by atoms with Gasteiger partial charge in [-0.1, -0.05) is 13.8 Å². The molecule has 0 aliphatic carbocycles. The SMILES string of the molecule is CC(C)CC(NC(=O)C(CO)NC(=O)C(CCC(N)=O)NC(=O)C(N)CCCN=C(N)N)C(=O)O. The highest BCUT2D eigenvalue weighted by molar-refractivity contribution is 5.94. The standard InChI is InChI=1S/C20H38N8O7/c1-10(2)8-13(19(34)35)27-18(33)14(9-29)28-17(32)12(5-6-15(22)30)26-16(31)11(21)4-3-7-25-20(23)24/h10-14,29H,3-9,21H2,1-2H3,(H2,22,30)(H,26,31)(H,27,33)(H,28,32)(H,34,35)(H4,23,24,25). The predicted octanol–water partition coefficient (Wildman–Crippen LogP) is -3.79. The Hall–Kier alpha value is -3.46. The van der Waals surface area contributed by atoms with Crippen LogP contribution < -0.4 is 38.9 Å². The molecule has 0 aromatic carbocycles. The molecule has 0 rings (SSSR count). The van der Waals surface area contributed by atoms with Gasteiger partial charge in [0.15, 0.2) is 5.96 Å². The van der Waals surface area contributed by atoms with Crippen molar-refractivity contribution < 1.29 is 34.2 Å². The second kappa shape index (κ2) is 16.2. The molecule has 0 radical (unpaired) electrons. The average Bonchev–Trinajstić information content (AvgIpc) is 2.75. The second-order valence-corrected chi connectivity index (χ2v) is 8.39. The molecule has 200 valence electrons. The molecule has 0 aliphatic heterocycles. The number of carbonyl (C=O) groups is 5. The zero-order valence-electron chi connectivity index (χ0n) is 20.0. The lowest BCUT2D eigenvalue weighted by molar-refractivity contribution is -0.143. The van der Waals surface area contributed by atoms with Crippen LogP contribution in [0.4, 0.5) is 0 Å².